The number of hydrogen-bond donors (Lipinski definition) is 2. The monoisotopic (exact) mass is 1100 g/mol. The lowest BCUT2D eigenvalue weighted by Crippen LogP contribution is -2.49. The summed E-state index contributed by atoms with van der Waals surface area (Å²) >= 11 is 13.0. The Kier molecular flexibility index (Phi) is 17.8. The molecule has 8 rings (SSSR count). The predicted molar refractivity (Wildman–Crippen MR) is 299 cm³/mol. The molecule has 0 aliphatic carbocycles. The van der Waals surface area contributed by atoms with Crippen molar-refractivity contribution in [2.75, 3.05) is 50.1 Å². The molecule has 2 fully saturated rings. The molecule has 3 amide bonds. The highest BCUT2D eigenvalue weighted by Gasteiger charge is 2.32. The number of hydroxylamine groups is 2. The van der Waals surface area contributed by atoms with Crippen molar-refractivity contribution in [3.05, 3.63) is 114 Å². The average Bonchev–Trinajstić information content (AvgIpc) is 3.97. The van der Waals surface area contributed by atoms with Crippen molar-refractivity contribution in [3.8, 4) is 0 Å². The van der Waals surface area contributed by atoms with Crippen molar-refractivity contribution in [1.82, 2.24) is 43.9 Å². The van der Waals surface area contributed by atoms with Gasteiger partial charge in [-0.3, -0.25) is 24.0 Å². The normalized spacial score (nSPS) is 16.0. The van der Waals surface area contributed by atoms with Crippen LogP contribution in [-0.2, 0) is 41.5 Å². The van der Waals surface area contributed by atoms with Crippen LogP contribution < -0.4 is 31.6 Å². The molecule has 0 bridgehead atoms. The van der Waals surface area contributed by atoms with Gasteiger partial charge in [0.1, 0.15) is 27.9 Å². The number of piperidine rings is 2. The summed E-state index contributed by atoms with van der Waals surface area (Å²) < 4.78 is 17.3. The van der Waals surface area contributed by atoms with E-state index in [2.05, 4.69) is 15.5 Å². The van der Waals surface area contributed by atoms with Gasteiger partial charge >= 0.3 is 12.2 Å². The first kappa shape index (κ1) is 57.8. The Balaban J connectivity index is 0.000000224. The number of aromatic nitrogens is 6. The molecule has 6 aromatic rings. The van der Waals surface area contributed by atoms with Crippen molar-refractivity contribution < 1.29 is 33.5 Å². The molecule has 2 aromatic carbocycles. The quantitative estimate of drug-likeness (QED) is 0.0874. The molecule has 2 N–H and O–H groups in total. The van der Waals surface area contributed by atoms with Gasteiger partial charge in [-0.1, -0.05) is 73.4 Å². The first-order valence-electron chi connectivity index (χ1n) is 25.8. The van der Waals surface area contributed by atoms with Gasteiger partial charge in [0.15, 0.2) is 5.78 Å². The predicted octanol–water partition coefficient (Wildman–Crippen LogP) is 8.33. The van der Waals surface area contributed by atoms with E-state index < -0.39 is 29.3 Å². The van der Waals surface area contributed by atoms with Gasteiger partial charge in [0.05, 0.1) is 36.9 Å². The standard InChI is InChI=1S/C28H36ClN5O4.C27H35ClN6O5/c1-17(2)24(35)22-14-21-23(25(36)32(22)6)34(15-18-10-7-8-12-20(18)29)26(31-21)33-13-9-11-19(16-33)30-27(37)38-28(3,4)5;1-27(2,3)39-26(37)29-18-11-9-13-33(16-18)25-30-20-14-21(23(35)32(5)38-6)31(4)24(36)22(20)34(25)15-17-10-7-8-12-19(17)28/h7-8,10,12,14,17,19H,9,11,13,15-16H2,1-6H3,(H,30,37);7-8,10,12,14,18H,9,11,13,15-16H2,1-6H3,(H,29,37)/t19-;18-/m11/s1. The fourth-order valence-electron chi connectivity index (χ4n) is 9.42. The molecule has 0 saturated carbocycles. The Morgan fingerprint density at radius 3 is 1.48 bits per heavy atom. The SMILES string of the molecule is CC(C)C(=O)c1cc2nc(N3CCC[C@@H](NC(=O)OC(C)(C)C)C3)n(Cc3ccccc3Cl)c2c(=O)n1C.CON(C)C(=O)c1cc2nc(N3CCC[C@@H](NC(=O)OC(C)(C)C)C3)n(Cc3ccccc3Cl)c2c(=O)n1C. The number of ketones is 1. The number of nitrogens with zero attached hydrogens (tertiary/aromatic N) is 9. The van der Waals surface area contributed by atoms with E-state index in [-0.39, 0.29) is 40.6 Å². The molecule has 0 unspecified atom stereocenters. The fraction of sp³-hybridized carbons (Fsp3) is 0.491. The summed E-state index contributed by atoms with van der Waals surface area (Å²) in [6, 6.07) is 17.9. The number of alkyl carbamates (subject to hydrolysis) is 2. The number of Topliss-reactive ketones (excluding diaryl/α,β-unsaturated/α-hetero) is 1. The number of imidazole rings is 2. The molecule has 4 aromatic heterocycles. The third kappa shape index (κ3) is 13.6. The number of carbonyl (C=O) groups excluding carboxylic acids is 4. The van der Waals surface area contributed by atoms with E-state index in [9.17, 15) is 28.8 Å². The number of anilines is 2. The Hall–Kier alpha value is -6.90. The molecule has 2 aliphatic heterocycles. The van der Waals surface area contributed by atoms with Gasteiger partial charge in [0.25, 0.3) is 17.0 Å². The minimum atomic E-state index is -0.604. The number of carbonyl (C=O) groups is 4. The van der Waals surface area contributed by atoms with E-state index >= 15 is 0 Å². The summed E-state index contributed by atoms with van der Waals surface area (Å²) in [5.41, 5.74) is 1.89. The maximum atomic E-state index is 13.7. The Labute approximate surface area is 458 Å². The third-order valence-electron chi connectivity index (χ3n) is 13.2. The molecule has 6 heterocycles. The highest BCUT2D eigenvalue weighted by Crippen LogP contribution is 2.30. The van der Waals surface area contributed by atoms with E-state index in [1.165, 1.54) is 23.3 Å². The molecular weight excluding hydrogens is 1030 g/mol. The lowest BCUT2D eigenvalue weighted by molar-refractivity contribution is -0.0763. The topological polar surface area (TPSA) is 209 Å². The molecule has 22 heteroatoms. The highest BCUT2D eigenvalue weighted by molar-refractivity contribution is 6.31. The van der Waals surface area contributed by atoms with Gasteiger partial charge in [0.2, 0.25) is 11.9 Å². The zero-order valence-electron chi connectivity index (χ0n) is 46.0. The van der Waals surface area contributed by atoms with Gasteiger partial charge in [0, 0.05) is 75.4 Å². The molecule has 2 saturated heterocycles. The van der Waals surface area contributed by atoms with Crippen molar-refractivity contribution in [2.24, 2.45) is 20.0 Å². The molecule has 414 valence electrons. The van der Waals surface area contributed by atoms with E-state index in [1.54, 1.807) is 32.3 Å². The van der Waals surface area contributed by atoms with Crippen molar-refractivity contribution in [2.45, 2.75) is 117 Å². The second kappa shape index (κ2) is 23.8. The molecule has 2 atom stereocenters. The van der Waals surface area contributed by atoms with Crippen LogP contribution in [0.3, 0.4) is 0 Å². The van der Waals surface area contributed by atoms with Crippen LogP contribution in [0.1, 0.15) is 113 Å². The van der Waals surface area contributed by atoms with Crippen LogP contribution in [0.5, 0.6) is 0 Å². The largest absolute Gasteiger partial charge is 0.444 e. The van der Waals surface area contributed by atoms with Crippen LogP contribution in [0.25, 0.3) is 22.1 Å². The fourth-order valence-corrected chi connectivity index (χ4v) is 9.81. The zero-order valence-corrected chi connectivity index (χ0v) is 47.5. The summed E-state index contributed by atoms with van der Waals surface area (Å²) in [7, 11) is 6.02. The lowest BCUT2D eigenvalue weighted by Gasteiger charge is -2.34. The Morgan fingerprint density at radius 2 is 1.09 bits per heavy atom. The van der Waals surface area contributed by atoms with Gasteiger partial charge in [-0.25, -0.2) is 24.6 Å². The minimum Gasteiger partial charge on any atom is -0.444 e. The summed E-state index contributed by atoms with van der Waals surface area (Å²) in [6.45, 7) is 17.6. The second-order valence-corrected chi connectivity index (χ2v) is 22.6. The molecule has 0 spiro atoms. The Bertz CT molecular complexity index is 3300. The van der Waals surface area contributed by atoms with Crippen LogP contribution in [0.15, 0.2) is 70.3 Å². The van der Waals surface area contributed by atoms with E-state index in [0.717, 1.165) is 41.9 Å². The van der Waals surface area contributed by atoms with E-state index in [1.807, 2.05) is 112 Å². The van der Waals surface area contributed by atoms with E-state index in [4.69, 9.17) is 47.5 Å². The molecule has 20 nitrogen and oxygen atoms in total. The molecule has 2 aliphatic rings. The van der Waals surface area contributed by atoms with Crippen LogP contribution in [0, 0.1) is 5.92 Å². The third-order valence-corrected chi connectivity index (χ3v) is 13.9. The number of ether oxygens (including phenoxy) is 2. The average molecular weight is 1100 g/mol. The first-order chi connectivity index (χ1) is 36.2. The minimum absolute atomic E-state index is 0.117. The summed E-state index contributed by atoms with van der Waals surface area (Å²) in [4.78, 5) is 96.8. The maximum absolute atomic E-state index is 13.7. The molecule has 0 radical (unpaired) electrons. The number of amides is 3. The van der Waals surface area contributed by atoms with Crippen LogP contribution in [-0.4, -0.2) is 121 Å². The maximum Gasteiger partial charge on any atom is 0.407 e. The van der Waals surface area contributed by atoms with E-state index in [0.29, 0.717) is 89.0 Å². The lowest BCUT2D eigenvalue weighted by atomic mass is 10.1. The number of halogens is 2. The molecular formula is C55H71Cl2N11O9. The van der Waals surface area contributed by atoms with Crippen molar-refractivity contribution >= 4 is 81.0 Å². The van der Waals surface area contributed by atoms with Crippen molar-refractivity contribution in [3.63, 3.8) is 0 Å². The number of nitrogens with one attached hydrogen (secondary N) is 2. The highest BCUT2D eigenvalue weighted by atomic mass is 35.5. The number of rotatable bonds is 12. The van der Waals surface area contributed by atoms with Crippen LogP contribution in [0.2, 0.25) is 10.0 Å². The molecule has 77 heavy (non-hydrogen) atoms. The first-order valence-corrected chi connectivity index (χ1v) is 26.5. The second-order valence-electron chi connectivity index (χ2n) is 21.8. The number of pyridine rings is 2. The van der Waals surface area contributed by atoms with Gasteiger partial charge in [-0.15, -0.1) is 0 Å². The smallest absolute Gasteiger partial charge is 0.407 e. The number of benzene rings is 2. The summed E-state index contributed by atoms with van der Waals surface area (Å²) in [5, 5.41) is 8.15. The summed E-state index contributed by atoms with van der Waals surface area (Å²) in [6.07, 6.45) is 2.28. The van der Waals surface area contributed by atoms with Crippen LogP contribution >= 0.6 is 23.2 Å². The number of hydrogen-bond acceptors (Lipinski definition) is 13. The van der Waals surface area contributed by atoms with Gasteiger partial charge in [-0.05, 0) is 103 Å². The summed E-state index contributed by atoms with van der Waals surface area (Å²) in [5.74, 6) is 0.308. The Morgan fingerprint density at radius 1 is 0.688 bits per heavy atom. The van der Waals surface area contributed by atoms with Gasteiger partial charge in [-0.2, -0.15) is 0 Å². The zero-order chi connectivity index (χ0) is 56.3. The van der Waals surface area contributed by atoms with Gasteiger partial charge < -0.3 is 48.2 Å². The van der Waals surface area contributed by atoms with Crippen molar-refractivity contribution in [1.29, 1.82) is 0 Å². The van der Waals surface area contributed by atoms with Crippen LogP contribution in [0.4, 0.5) is 21.5 Å². The number of fused-ring (bicyclic) bond motifs is 2.